The molecule has 20 heavy (non-hydrogen) atoms. The summed E-state index contributed by atoms with van der Waals surface area (Å²) in [7, 11) is 0. The Labute approximate surface area is 126 Å². The van der Waals surface area contributed by atoms with Crippen molar-refractivity contribution in [3.05, 3.63) is 69.4 Å². The second kappa shape index (κ2) is 5.66. The minimum atomic E-state index is -0.805. The van der Waals surface area contributed by atoms with E-state index in [1.807, 2.05) is 18.2 Å². The first kappa shape index (κ1) is 13.8. The average molecular weight is 335 g/mol. The fraction of sp³-hybridized carbons (Fsp3) is 0.294. The van der Waals surface area contributed by atoms with Crippen LogP contribution in [0.4, 0.5) is 4.39 Å². The monoisotopic (exact) mass is 334 g/mol. The highest BCUT2D eigenvalue weighted by Gasteiger charge is 2.21. The van der Waals surface area contributed by atoms with Crippen molar-refractivity contribution in [3.8, 4) is 0 Å². The lowest BCUT2D eigenvalue weighted by Crippen LogP contribution is -2.10. The summed E-state index contributed by atoms with van der Waals surface area (Å²) in [5, 5.41) is 10.5. The first-order chi connectivity index (χ1) is 9.65. The predicted molar refractivity (Wildman–Crippen MR) is 81.2 cm³/mol. The number of hydrogen-bond donors (Lipinski definition) is 1. The molecule has 2 aromatic carbocycles. The topological polar surface area (TPSA) is 20.2 Å². The average Bonchev–Trinajstić information content (AvgIpc) is 2.39. The van der Waals surface area contributed by atoms with Crippen LogP contribution in [0.2, 0.25) is 0 Å². The number of benzene rings is 2. The van der Waals surface area contributed by atoms with Gasteiger partial charge in [-0.05, 0) is 48.1 Å². The normalized spacial score (nSPS) is 16.8. The van der Waals surface area contributed by atoms with Gasteiger partial charge in [-0.2, -0.15) is 0 Å². The van der Waals surface area contributed by atoms with Crippen LogP contribution in [0.25, 0.3) is 0 Å². The molecular weight excluding hydrogens is 319 g/mol. The summed E-state index contributed by atoms with van der Waals surface area (Å²) in [4.78, 5) is 0. The van der Waals surface area contributed by atoms with Gasteiger partial charge in [0.05, 0.1) is 0 Å². The second-order valence-electron chi connectivity index (χ2n) is 5.37. The van der Waals surface area contributed by atoms with E-state index in [1.54, 1.807) is 6.07 Å². The molecule has 2 aromatic rings. The van der Waals surface area contributed by atoms with Crippen molar-refractivity contribution in [1.82, 2.24) is 0 Å². The maximum Gasteiger partial charge on any atom is 0.123 e. The Bertz CT molecular complexity index is 622. The molecule has 1 atom stereocenters. The van der Waals surface area contributed by atoms with E-state index in [0.29, 0.717) is 11.5 Å². The molecule has 0 radical (unpaired) electrons. The van der Waals surface area contributed by atoms with Crippen LogP contribution in [0.15, 0.2) is 46.9 Å². The van der Waals surface area contributed by atoms with E-state index in [-0.39, 0.29) is 5.82 Å². The molecular formula is C17H16BrFO. The minimum Gasteiger partial charge on any atom is -0.384 e. The highest BCUT2D eigenvalue weighted by molar-refractivity contribution is 9.10. The SMILES string of the molecule is OC(c1cccc(C2CCC2)c1)c1cc(F)ccc1Br. The van der Waals surface area contributed by atoms with Crippen LogP contribution in [0.5, 0.6) is 0 Å². The second-order valence-corrected chi connectivity index (χ2v) is 6.22. The summed E-state index contributed by atoms with van der Waals surface area (Å²) < 4.78 is 14.1. The zero-order chi connectivity index (χ0) is 14.1. The molecule has 0 heterocycles. The minimum absolute atomic E-state index is 0.336. The molecule has 0 saturated heterocycles. The highest BCUT2D eigenvalue weighted by Crippen LogP contribution is 2.38. The van der Waals surface area contributed by atoms with Gasteiger partial charge in [0.2, 0.25) is 0 Å². The van der Waals surface area contributed by atoms with Gasteiger partial charge in [0.1, 0.15) is 11.9 Å². The van der Waals surface area contributed by atoms with Gasteiger partial charge in [0, 0.05) is 10.0 Å². The lowest BCUT2D eigenvalue weighted by molar-refractivity contribution is 0.218. The molecule has 1 N–H and O–H groups in total. The van der Waals surface area contributed by atoms with Crippen molar-refractivity contribution in [2.45, 2.75) is 31.3 Å². The molecule has 1 aliphatic rings. The molecule has 0 bridgehead atoms. The van der Waals surface area contributed by atoms with Crippen molar-refractivity contribution in [2.75, 3.05) is 0 Å². The molecule has 3 rings (SSSR count). The van der Waals surface area contributed by atoms with E-state index in [1.165, 1.54) is 37.0 Å². The molecule has 1 saturated carbocycles. The van der Waals surface area contributed by atoms with Crippen LogP contribution >= 0.6 is 15.9 Å². The van der Waals surface area contributed by atoms with Gasteiger partial charge in [-0.3, -0.25) is 0 Å². The zero-order valence-corrected chi connectivity index (χ0v) is 12.6. The van der Waals surface area contributed by atoms with Gasteiger partial charge >= 0.3 is 0 Å². The Morgan fingerprint density at radius 1 is 1.15 bits per heavy atom. The smallest absolute Gasteiger partial charge is 0.123 e. The fourth-order valence-electron chi connectivity index (χ4n) is 2.63. The molecule has 0 aliphatic heterocycles. The van der Waals surface area contributed by atoms with Crippen molar-refractivity contribution in [3.63, 3.8) is 0 Å². The number of halogens is 2. The zero-order valence-electron chi connectivity index (χ0n) is 11.0. The van der Waals surface area contributed by atoms with Crippen LogP contribution in [-0.2, 0) is 0 Å². The Hall–Kier alpha value is -1.19. The lowest BCUT2D eigenvalue weighted by atomic mass is 9.79. The Morgan fingerprint density at radius 3 is 2.65 bits per heavy atom. The van der Waals surface area contributed by atoms with E-state index in [4.69, 9.17) is 0 Å². The molecule has 0 aromatic heterocycles. The van der Waals surface area contributed by atoms with E-state index in [2.05, 4.69) is 22.0 Å². The molecule has 1 fully saturated rings. The van der Waals surface area contributed by atoms with Gasteiger partial charge in [-0.15, -0.1) is 0 Å². The lowest BCUT2D eigenvalue weighted by Gasteiger charge is -2.26. The summed E-state index contributed by atoms with van der Waals surface area (Å²) in [6.07, 6.45) is 2.93. The van der Waals surface area contributed by atoms with Gasteiger partial charge < -0.3 is 5.11 Å². The number of aliphatic hydroxyl groups excluding tert-OH is 1. The molecule has 3 heteroatoms. The summed E-state index contributed by atoms with van der Waals surface area (Å²) >= 11 is 3.37. The Balaban J connectivity index is 1.93. The van der Waals surface area contributed by atoms with Crippen molar-refractivity contribution < 1.29 is 9.50 Å². The standard InChI is InChI=1S/C17H16BrFO/c18-16-8-7-14(19)10-15(16)17(20)13-6-2-5-12(9-13)11-3-1-4-11/h2,5-11,17,20H,1,3-4H2. The van der Waals surface area contributed by atoms with Crippen molar-refractivity contribution in [1.29, 1.82) is 0 Å². The predicted octanol–water partition coefficient (Wildman–Crippen LogP) is 4.94. The third-order valence-electron chi connectivity index (χ3n) is 4.06. The maximum atomic E-state index is 13.4. The number of hydrogen-bond acceptors (Lipinski definition) is 1. The van der Waals surface area contributed by atoms with Crippen LogP contribution in [0, 0.1) is 5.82 Å². The molecule has 104 valence electrons. The van der Waals surface area contributed by atoms with Gasteiger partial charge in [-0.25, -0.2) is 4.39 Å². The summed E-state index contributed by atoms with van der Waals surface area (Å²) in [6.45, 7) is 0. The largest absolute Gasteiger partial charge is 0.384 e. The summed E-state index contributed by atoms with van der Waals surface area (Å²) in [5.74, 6) is 0.287. The first-order valence-electron chi connectivity index (χ1n) is 6.88. The number of aliphatic hydroxyl groups is 1. The van der Waals surface area contributed by atoms with E-state index in [0.717, 1.165) is 10.0 Å². The fourth-order valence-corrected chi connectivity index (χ4v) is 3.09. The van der Waals surface area contributed by atoms with Crippen molar-refractivity contribution >= 4 is 15.9 Å². The molecule has 1 aliphatic carbocycles. The van der Waals surface area contributed by atoms with Gasteiger partial charge in [0.25, 0.3) is 0 Å². The van der Waals surface area contributed by atoms with Crippen LogP contribution in [0.3, 0.4) is 0 Å². The van der Waals surface area contributed by atoms with E-state index < -0.39 is 6.10 Å². The molecule has 0 spiro atoms. The van der Waals surface area contributed by atoms with Gasteiger partial charge in [-0.1, -0.05) is 46.6 Å². The van der Waals surface area contributed by atoms with E-state index in [9.17, 15) is 9.50 Å². The van der Waals surface area contributed by atoms with Gasteiger partial charge in [0.15, 0.2) is 0 Å². The first-order valence-corrected chi connectivity index (χ1v) is 7.67. The summed E-state index contributed by atoms with van der Waals surface area (Å²) in [5.41, 5.74) is 2.66. The third kappa shape index (κ3) is 2.65. The Kier molecular flexibility index (Phi) is 3.90. The third-order valence-corrected chi connectivity index (χ3v) is 4.78. The molecule has 1 nitrogen and oxygen atoms in total. The Morgan fingerprint density at radius 2 is 1.95 bits per heavy atom. The van der Waals surface area contributed by atoms with Crippen LogP contribution < -0.4 is 0 Å². The van der Waals surface area contributed by atoms with E-state index >= 15 is 0 Å². The highest BCUT2D eigenvalue weighted by atomic mass is 79.9. The number of rotatable bonds is 3. The van der Waals surface area contributed by atoms with Crippen LogP contribution in [-0.4, -0.2) is 5.11 Å². The molecule has 1 unspecified atom stereocenters. The quantitative estimate of drug-likeness (QED) is 0.843. The van der Waals surface area contributed by atoms with Crippen LogP contribution in [0.1, 0.15) is 48.0 Å². The molecule has 0 amide bonds. The summed E-state index contributed by atoms with van der Waals surface area (Å²) in [6, 6.07) is 12.4. The van der Waals surface area contributed by atoms with Crippen molar-refractivity contribution in [2.24, 2.45) is 0 Å². The maximum absolute atomic E-state index is 13.4.